The molecule has 0 amide bonds. The fourth-order valence-electron chi connectivity index (χ4n) is 1.69. The summed E-state index contributed by atoms with van der Waals surface area (Å²) < 4.78 is 0. The van der Waals surface area contributed by atoms with Gasteiger partial charge in [-0.3, -0.25) is 0 Å². The van der Waals surface area contributed by atoms with Crippen molar-refractivity contribution in [3.05, 3.63) is 23.8 Å². The van der Waals surface area contributed by atoms with Gasteiger partial charge in [-0.15, -0.1) is 0 Å². The summed E-state index contributed by atoms with van der Waals surface area (Å²) in [6.07, 6.45) is 13.7. The second-order valence-electron chi connectivity index (χ2n) is 3.66. The van der Waals surface area contributed by atoms with Crippen LogP contribution in [0.2, 0.25) is 0 Å². The second kappa shape index (κ2) is 7.74. The first-order valence-corrected chi connectivity index (χ1v) is 5.25. The first kappa shape index (κ1) is 13.4. The normalized spacial score (nSPS) is 19.8. The van der Waals surface area contributed by atoms with Crippen molar-refractivity contribution in [1.82, 2.24) is 0 Å². The Morgan fingerprint density at radius 2 is 2.00 bits per heavy atom. The number of allylic oxidation sites excluding steroid dienone is 4. The maximum atomic E-state index is 2.44. The van der Waals surface area contributed by atoms with Crippen LogP contribution in [0.5, 0.6) is 0 Å². The van der Waals surface area contributed by atoms with Gasteiger partial charge in [-0.1, -0.05) is 50.5 Å². The molecule has 0 bridgehead atoms. The van der Waals surface area contributed by atoms with Crippen molar-refractivity contribution in [2.24, 2.45) is 5.92 Å². The first-order valence-electron chi connectivity index (χ1n) is 5.25. The van der Waals surface area contributed by atoms with Crippen molar-refractivity contribution >= 4 is 0 Å². The molecule has 1 rings (SSSR count). The van der Waals surface area contributed by atoms with Gasteiger partial charge in [0.2, 0.25) is 0 Å². The van der Waals surface area contributed by atoms with Crippen LogP contribution in [0.1, 0.15) is 46.0 Å². The molecule has 0 aromatic heterocycles. The van der Waals surface area contributed by atoms with E-state index in [0.717, 1.165) is 5.92 Å². The molecule has 0 radical (unpaired) electrons. The minimum absolute atomic E-state index is 0. The molecule has 1 heteroatoms. The van der Waals surface area contributed by atoms with Crippen molar-refractivity contribution in [2.75, 3.05) is 0 Å². The summed E-state index contributed by atoms with van der Waals surface area (Å²) in [6, 6.07) is 0. The predicted molar refractivity (Wildman–Crippen MR) is 55.1 cm³/mol. The molecule has 1 aliphatic carbocycles. The minimum atomic E-state index is 0. The summed E-state index contributed by atoms with van der Waals surface area (Å²) in [5.41, 5.74) is 1.57. The largest absolute Gasteiger partial charge is 0.0773 e. The van der Waals surface area contributed by atoms with Gasteiger partial charge in [0.1, 0.15) is 0 Å². The summed E-state index contributed by atoms with van der Waals surface area (Å²) in [5.74, 6) is 0.752. The quantitative estimate of drug-likeness (QED) is 0.694. The number of hydrogen-bond donors (Lipinski definition) is 0. The van der Waals surface area contributed by atoms with Crippen molar-refractivity contribution in [3.8, 4) is 0 Å². The Kier molecular flexibility index (Phi) is 7.95. The Labute approximate surface area is 102 Å². The van der Waals surface area contributed by atoms with Gasteiger partial charge in [0.05, 0.1) is 0 Å². The molecule has 0 nitrogen and oxygen atoms in total. The van der Waals surface area contributed by atoms with Gasteiger partial charge in [-0.05, 0) is 25.2 Å². The molecule has 0 N–H and O–H groups in total. The molecule has 1 unspecified atom stereocenters. The number of rotatable bonds is 5. The van der Waals surface area contributed by atoms with Crippen LogP contribution in [0.25, 0.3) is 0 Å². The average molecular weight is 256 g/mol. The van der Waals surface area contributed by atoms with E-state index in [1.165, 1.54) is 32.1 Å². The standard InChI is InChI=1S/C12H20.Zr/c1-3-5-7-12-9-8-11(10-12)6-4-2;/h8-11H,3-7H2,1-2H3;. The van der Waals surface area contributed by atoms with E-state index in [0.29, 0.717) is 0 Å². The summed E-state index contributed by atoms with van der Waals surface area (Å²) in [4.78, 5) is 0. The van der Waals surface area contributed by atoms with E-state index in [1.807, 2.05) is 0 Å². The monoisotopic (exact) mass is 254 g/mol. The summed E-state index contributed by atoms with van der Waals surface area (Å²) >= 11 is 0. The Morgan fingerprint density at radius 3 is 2.62 bits per heavy atom. The zero-order valence-corrected chi connectivity index (χ0v) is 11.3. The molecule has 0 aromatic carbocycles. The topological polar surface area (TPSA) is 0 Å². The Balaban J connectivity index is 0.00000144. The van der Waals surface area contributed by atoms with Crippen molar-refractivity contribution in [3.63, 3.8) is 0 Å². The second-order valence-corrected chi connectivity index (χ2v) is 3.66. The van der Waals surface area contributed by atoms with Crippen LogP contribution in [-0.4, -0.2) is 0 Å². The van der Waals surface area contributed by atoms with Crippen LogP contribution in [0, 0.1) is 5.92 Å². The number of unbranched alkanes of at least 4 members (excludes halogenated alkanes) is 1. The van der Waals surface area contributed by atoms with Gasteiger partial charge in [-0.25, -0.2) is 0 Å². The summed E-state index contributed by atoms with van der Waals surface area (Å²) in [5, 5.41) is 0. The molecular weight excluding hydrogens is 235 g/mol. The molecule has 0 saturated carbocycles. The molecular formula is C12H20Zr. The van der Waals surface area contributed by atoms with Gasteiger partial charge >= 0.3 is 0 Å². The molecule has 0 fully saturated rings. The van der Waals surface area contributed by atoms with E-state index in [-0.39, 0.29) is 26.2 Å². The summed E-state index contributed by atoms with van der Waals surface area (Å²) in [7, 11) is 0. The fraction of sp³-hybridized carbons (Fsp3) is 0.667. The van der Waals surface area contributed by atoms with E-state index in [9.17, 15) is 0 Å². The van der Waals surface area contributed by atoms with Crippen LogP contribution in [0.4, 0.5) is 0 Å². The molecule has 0 saturated heterocycles. The molecule has 0 aromatic rings. The van der Waals surface area contributed by atoms with Crippen LogP contribution in [-0.2, 0) is 26.2 Å². The zero-order valence-electron chi connectivity index (χ0n) is 8.84. The van der Waals surface area contributed by atoms with Gasteiger partial charge < -0.3 is 0 Å². The molecule has 0 spiro atoms. The van der Waals surface area contributed by atoms with Crippen molar-refractivity contribution in [1.29, 1.82) is 0 Å². The fourth-order valence-corrected chi connectivity index (χ4v) is 1.69. The van der Waals surface area contributed by atoms with Crippen LogP contribution in [0.3, 0.4) is 0 Å². The average Bonchev–Trinajstić information content (AvgIpc) is 2.50. The van der Waals surface area contributed by atoms with Gasteiger partial charge in [0.15, 0.2) is 0 Å². The van der Waals surface area contributed by atoms with E-state index in [1.54, 1.807) is 5.57 Å². The molecule has 1 atom stereocenters. The maximum absolute atomic E-state index is 2.44. The van der Waals surface area contributed by atoms with Crippen LogP contribution < -0.4 is 0 Å². The molecule has 0 heterocycles. The molecule has 1 aliphatic rings. The molecule has 0 aliphatic heterocycles. The first-order chi connectivity index (χ1) is 5.86. The molecule has 72 valence electrons. The van der Waals surface area contributed by atoms with Gasteiger partial charge in [0.25, 0.3) is 0 Å². The third kappa shape index (κ3) is 4.96. The van der Waals surface area contributed by atoms with E-state index in [2.05, 4.69) is 32.1 Å². The van der Waals surface area contributed by atoms with Crippen molar-refractivity contribution in [2.45, 2.75) is 46.0 Å². The van der Waals surface area contributed by atoms with Crippen LogP contribution in [0.15, 0.2) is 23.8 Å². The SMILES string of the molecule is CCCCC1=CC(CCC)C=C1.[Zr]. The van der Waals surface area contributed by atoms with Gasteiger partial charge in [-0.2, -0.15) is 0 Å². The van der Waals surface area contributed by atoms with E-state index < -0.39 is 0 Å². The van der Waals surface area contributed by atoms with E-state index in [4.69, 9.17) is 0 Å². The maximum Gasteiger partial charge on any atom is 0 e. The predicted octanol–water partition coefficient (Wildman–Crippen LogP) is 4.09. The Morgan fingerprint density at radius 1 is 1.23 bits per heavy atom. The molecule has 13 heavy (non-hydrogen) atoms. The van der Waals surface area contributed by atoms with Crippen molar-refractivity contribution < 1.29 is 26.2 Å². The third-order valence-corrected chi connectivity index (χ3v) is 2.43. The summed E-state index contributed by atoms with van der Waals surface area (Å²) in [6.45, 7) is 4.51. The zero-order chi connectivity index (χ0) is 8.81. The van der Waals surface area contributed by atoms with Crippen LogP contribution >= 0.6 is 0 Å². The van der Waals surface area contributed by atoms with E-state index >= 15 is 0 Å². The smallest absolute Gasteiger partial charge is 0 e. The number of hydrogen-bond acceptors (Lipinski definition) is 0. The minimum Gasteiger partial charge on any atom is -0.0773 e. The Hall–Kier alpha value is 0.363. The Bertz CT molecular complexity index is 180. The van der Waals surface area contributed by atoms with Gasteiger partial charge in [0, 0.05) is 26.2 Å². The third-order valence-electron chi connectivity index (χ3n) is 2.43.